The Morgan fingerprint density at radius 1 is 1.34 bits per heavy atom. The molecule has 0 N–H and O–H groups in total. The van der Waals surface area contributed by atoms with Crippen LogP contribution >= 0.6 is 24.0 Å². The fourth-order valence-electron chi connectivity index (χ4n) is 3.93. The van der Waals surface area contributed by atoms with Gasteiger partial charge in [0.05, 0.1) is 18.9 Å². The van der Waals surface area contributed by atoms with Crippen molar-refractivity contribution in [2.75, 3.05) is 37.5 Å². The van der Waals surface area contributed by atoms with E-state index in [-0.39, 0.29) is 5.92 Å². The molecule has 29 heavy (non-hydrogen) atoms. The van der Waals surface area contributed by atoms with Crippen molar-refractivity contribution < 1.29 is 9.47 Å². The molecule has 1 aliphatic heterocycles. The molecule has 2 aromatic heterocycles. The van der Waals surface area contributed by atoms with Crippen LogP contribution in [0.1, 0.15) is 35.7 Å². The van der Waals surface area contributed by atoms with Gasteiger partial charge in [-0.2, -0.15) is 5.26 Å². The minimum absolute atomic E-state index is 0.281. The van der Waals surface area contributed by atoms with Crippen LogP contribution in [-0.4, -0.2) is 46.9 Å². The van der Waals surface area contributed by atoms with Crippen molar-refractivity contribution in [1.29, 1.82) is 5.26 Å². The Bertz CT molecular complexity index is 934. The van der Waals surface area contributed by atoms with Gasteiger partial charge in [-0.3, -0.25) is 0 Å². The fraction of sp³-hybridized carbons (Fsp3) is 0.429. The highest BCUT2D eigenvalue weighted by atomic mass is 32.2. The first-order valence-electron chi connectivity index (χ1n) is 9.57. The highest BCUT2D eigenvalue weighted by Crippen LogP contribution is 2.53. The topological polar surface area (TPSA) is 71.3 Å². The van der Waals surface area contributed by atoms with E-state index >= 15 is 0 Å². The number of pyridine rings is 2. The van der Waals surface area contributed by atoms with Crippen LogP contribution in [0.3, 0.4) is 0 Å². The zero-order chi connectivity index (χ0) is 20.3. The largest absolute Gasteiger partial charge is 0.465 e. The average Bonchev–Trinajstić information content (AvgIpc) is 2.76. The second-order valence-corrected chi connectivity index (χ2v) is 8.63. The maximum absolute atomic E-state index is 9.14. The van der Waals surface area contributed by atoms with Gasteiger partial charge in [-0.25, -0.2) is 9.97 Å². The van der Waals surface area contributed by atoms with Crippen molar-refractivity contribution in [3.8, 4) is 6.07 Å². The Morgan fingerprint density at radius 2 is 2.14 bits per heavy atom. The predicted octanol–water partition coefficient (Wildman–Crippen LogP) is 3.62. The molecule has 1 saturated heterocycles. The summed E-state index contributed by atoms with van der Waals surface area (Å²) in [6.07, 6.45) is 5.15. The second-order valence-electron chi connectivity index (χ2n) is 7.22. The molecule has 3 heterocycles. The molecule has 0 radical (unpaired) electrons. The molecule has 0 aromatic carbocycles. The minimum Gasteiger partial charge on any atom is -0.465 e. The molecular weight excluding hydrogens is 404 g/mol. The summed E-state index contributed by atoms with van der Waals surface area (Å²) in [5, 5.41) is 9.14. The lowest BCUT2D eigenvalue weighted by molar-refractivity contribution is -0.0385. The second kappa shape index (κ2) is 8.66. The van der Waals surface area contributed by atoms with E-state index in [0.29, 0.717) is 10.1 Å². The van der Waals surface area contributed by atoms with Crippen LogP contribution in [0.15, 0.2) is 36.5 Å². The summed E-state index contributed by atoms with van der Waals surface area (Å²) in [4.78, 5) is 11.3. The summed E-state index contributed by atoms with van der Waals surface area (Å²) in [5.41, 5.74) is 1.91. The lowest BCUT2D eigenvalue weighted by atomic mass is 9.66. The van der Waals surface area contributed by atoms with Crippen molar-refractivity contribution in [2.45, 2.75) is 24.4 Å². The van der Waals surface area contributed by atoms with Gasteiger partial charge in [-0.1, -0.05) is 17.8 Å². The van der Waals surface area contributed by atoms with E-state index < -0.39 is 5.60 Å². The van der Waals surface area contributed by atoms with Crippen molar-refractivity contribution >= 4 is 34.2 Å². The number of thiocarbonyl (C=S) groups is 1. The zero-order valence-electron chi connectivity index (χ0n) is 16.2. The van der Waals surface area contributed by atoms with Crippen LogP contribution in [0.25, 0.3) is 0 Å². The number of hydrogen-bond donors (Lipinski definition) is 0. The molecule has 150 valence electrons. The number of nitriles is 1. The van der Waals surface area contributed by atoms with Crippen molar-refractivity contribution in [2.24, 2.45) is 0 Å². The number of thioether (sulfide) groups is 1. The van der Waals surface area contributed by atoms with Crippen LogP contribution < -0.4 is 4.90 Å². The smallest absolute Gasteiger partial charge is 0.220 e. The van der Waals surface area contributed by atoms with Crippen molar-refractivity contribution in [1.82, 2.24) is 9.97 Å². The van der Waals surface area contributed by atoms with E-state index in [9.17, 15) is 0 Å². The van der Waals surface area contributed by atoms with Crippen LogP contribution in [0.2, 0.25) is 0 Å². The Labute approximate surface area is 180 Å². The van der Waals surface area contributed by atoms with Gasteiger partial charge >= 0.3 is 0 Å². The normalized spacial score (nSPS) is 23.7. The van der Waals surface area contributed by atoms with Gasteiger partial charge in [0.2, 0.25) is 4.38 Å². The van der Waals surface area contributed by atoms with Gasteiger partial charge < -0.3 is 14.4 Å². The quantitative estimate of drug-likeness (QED) is 0.687. The van der Waals surface area contributed by atoms with Gasteiger partial charge in [0, 0.05) is 32.1 Å². The molecule has 2 aliphatic rings. The SMILES string of the molecule is CSC(=S)OC1(c2cccc(N3CCOCC3)n2)CC(c2ccnc(C#N)c2)C1. The number of nitrogens with zero attached hydrogens (tertiary/aromatic N) is 4. The van der Waals surface area contributed by atoms with Crippen LogP contribution in [0.4, 0.5) is 5.82 Å². The number of anilines is 1. The first kappa shape index (κ1) is 20.1. The van der Waals surface area contributed by atoms with Crippen LogP contribution in [-0.2, 0) is 15.1 Å². The van der Waals surface area contributed by atoms with Gasteiger partial charge in [0.1, 0.15) is 17.6 Å². The molecule has 4 rings (SSSR count). The number of hydrogen-bond acceptors (Lipinski definition) is 8. The Balaban J connectivity index is 1.60. The van der Waals surface area contributed by atoms with E-state index in [0.717, 1.165) is 56.2 Å². The monoisotopic (exact) mass is 426 g/mol. The molecule has 1 saturated carbocycles. The van der Waals surface area contributed by atoms with Gasteiger partial charge in [0.15, 0.2) is 5.60 Å². The molecule has 0 bridgehead atoms. The van der Waals surface area contributed by atoms with Gasteiger partial charge in [-0.05, 0) is 54.2 Å². The molecule has 1 aliphatic carbocycles. The first-order chi connectivity index (χ1) is 14.1. The summed E-state index contributed by atoms with van der Waals surface area (Å²) in [7, 11) is 0. The maximum atomic E-state index is 9.14. The average molecular weight is 427 g/mol. The highest BCUT2D eigenvalue weighted by molar-refractivity contribution is 8.22. The molecule has 2 fully saturated rings. The van der Waals surface area contributed by atoms with E-state index in [1.807, 2.05) is 36.6 Å². The molecule has 0 spiro atoms. The number of ether oxygens (including phenoxy) is 2. The third-order valence-electron chi connectivity index (χ3n) is 5.50. The molecule has 0 atom stereocenters. The summed E-state index contributed by atoms with van der Waals surface area (Å²) < 4.78 is 12.2. The Morgan fingerprint density at radius 3 is 2.86 bits per heavy atom. The van der Waals surface area contributed by atoms with Gasteiger partial charge in [-0.15, -0.1) is 0 Å². The third-order valence-corrected chi connectivity index (χ3v) is 6.50. The lowest BCUT2D eigenvalue weighted by Gasteiger charge is -2.47. The van der Waals surface area contributed by atoms with E-state index in [1.165, 1.54) is 11.8 Å². The maximum Gasteiger partial charge on any atom is 0.220 e. The summed E-state index contributed by atoms with van der Waals surface area (Å²) in [6, 6.07) is 12.0. The standard InChI is InChI=1S/C21H22N4O2S2/c1-29-20(28)27-21(12-16(13-21)15-5-6-23-17(11-15)14-22)18-3-2-4-19(24-18)25-7-9-26-10-8-25/h2-6,11,16H,7-10,12-13H2,1H3. The first-order valence-corrected chi connectivity index (χ1v) is 11.2. The summed E-state index contributed by atoms with van der Waals surface area (Å²) >= 11 is 6.82. The number of morpholine rings is 1. The lowest BCUT2D eigenvalue weighted by Crippen LogP contribution is -2.44. The summed E-state index contributed by atoms with van der Waals surface area (Å²) in [5.74, 6) is 1.23. The predicted molar refractivity (Wildman–Crippen MR) is 117 cm³/mol. The molecule has 2 aromatic rings. The van der Waals surface area contributed by atoms with Crippen molar-refractivity contribution in [3.05, 3.63) is 53.5 Å². The zero-order valence-corrected chi connectivity index (χ0v) is 17.8. The molecule has 0 amide bonds. The molecule has 6 nitrogen and oxygen atoms in total. The van der Waals surface area contributed by atoms with E-state index in [2.05, 4.69) is 16.0 Å². The Hall–Kier alpha value is -2.21. The fourth-order valence-corrected chi connectivity index (χ4v) is 4.33. The third kappa shape index (κ3) is 4.22. The van der Waals surface area contributed by atoms with E-state index in [1.54, 1.807) is 6.20 Å². The van der Waals surface area contributed by atoms with Crippen LogP contribution in [0.5, 0.6) is 0 Å². The molecule has 8 heteroatoms. The number of aromatic nitrogens is 2. The van der Waals surface area contributed by atoms with E-state index in [4.69, 9.17) is 31.9 Å². The number of rotatable bonds is 4. The molecule has 0 unspecified atom stereocenters. The highest BCUT2D eigenvalue weighted by Gasteiger charge is 2.50. The molecular formula is C21H22N4O2S2. The Kier molecular flexibility index (Phi) is 5.99. The van der Waals surface area contributed by atoms with Gasteiger partial charge in [0.25, 0.3) is 0 Å². The van der Waals surface area contributed by atoms with Crippen molar-refractivity contribution in [3.63, 3.8) is 0 Å². The summed E-state index contributed by atoms with van der Waals surface area (Å²) in [6.45, 7) is 3.11. The minimum atomic E-state index is -0.539. The van der Waals surface area contributed by atoms with Crippen LogP contribution in [0, 0.1) is 11.3 Å².